The zero-order valence-corrected chi connectivity index (χ0v) is 10.1. The summed E-state index contributed by atoms with van der Waals surface area (Å²) >= 11 is 3.40. The number of carbonyl (C=O) groups is 1. The summed E-state index contributed by atoms with van der Waals surface area (Å²) in [6.07, 6.45) is 0.899. The first-order valence-electron chi connectivity index (χ1n) is 4.63. The standard InChI is InChI=1S/C11H13BrO3/c1-15-11(14)6-5-9-8(7-13)3-2-4-10(9)12/h2-4,13H,5-7H2,1H3. The second-order valence-corrected chi connectivity index (χ2v) is 3.97. The fraction of sp³-hybridized carbons (Fsp3) is 0.364. The average Bonchev–Trinajstić information content (AvgIpc) is 2.26. The predicted molar refractivity (Wildman–Crippen MR) is 60.4 cm³/mol. The van der Waals surface area contributed by atoms with Gasteiger partial charge in [0.2, 0.25) is 0 Å². The molecule has 0 bridgehead atoms. The zero-order chi connectivity index (χ0) is 11.3. The third kappa shape index (κ3) is 3.32. The minimum Gasteiger partial charge on any atom is -0.469 e. The topological polar surface area (TPSA) is 46.5 Å². The molecule has 0 fully saturated rings. The monoisotopic (exact) mass is 272 g/mol. The van der Waals surface area contributed by atoms with E-state index in [1.54, 1.807) is 0 Å². The van der Waals surface area contributed by atoms with Gasteiger partial charge in [0.1, 0.15) is 0 Å². The van der Waals surface area contributed by atoms with Crippen molar-refractivity contribution < 1.29 is 14.6 Å². The molecule has 3 nitrogen and oxygen atoms in total. The summed E-state index contributed by atoms with van der Waals surface area (Å²) in [4.78, 5) is 11.0. The molecule has 1 aromatic carbocycles. The van der Waals surface area contributed by atoms with E-state index in [0.29, 0.717) is 12.8 Å². The van der Waals surface area contributed by atoms with E-state index in [2.05, 4.69) is 20.7 Å². The maximum atomic E-state index is 11.0. The van der Waals surface area contributed by atoms with Crippen molar-refractivity contribution in [2.24, 2.45) is 0 Å². The molecule has 0 atom stereocenters. The lowest BCUT2D eigenvalue weighted by atomic mass is 10.0. The van der Waals surface area contributed by atoms with Crippen molar-refractivity contribution >= 4 is 21.9 Å². The molecule has 0 amide bonds. The minimum atomic E-state index is -0.241. The van der Waals surface area contributed by atoms with Crippen LogP contribution < -0.4 is 0 Å². The molecular formula is C11H13BrO3. The molecule has 0 aliphatic heterocycles. The normalized spacial score (nSPS) is 10.1. The van der Waals surface area contributed by atoms with Crippen LogP contribution in [0.4, 0.5) is 0 Å². The Bertz CT molecular complexity index is 350. The van der Waals surface area contributed by atoms with Gasteiger partial charge in [0, 0.05) is 10.9 Å². The van der Waals surface area contributed by atoms with Crippen LogP contribution >= 0.6 is 15.9 Å². The SMILES string of the molecule is COC(=O)CCc1c(Br)cccc1CO. The Hall–Kier alpha value is -0.870. The number of rotatable bonds is 4. The number of methoxy groups -OCH3 is 1. The summed E-state index contributed by atoms with van der Waals surface area (Å²) in [5.74, 6) is -0.241. The Morgan fingerprint density at radius 1 is 1.53 bits per heavy atom. The number of esters is 1. The van der Waals surface area contributed by atoms with Crippen molar-refractivity contribution in [3.05, 3.63) is 33.8 Å². The highest BCUT2D eigenvalue weighted by molar-refractivity contribution is 9.10. The van der Waals surface area contributed by atoms with Gasteiger partial charge < -0.3 is 9.84 Å². The largest absolute Gasteiger partial charge is 0.469 e. The van der Waals surface area contributed by atoms with Crippen molar-refractivity contribution in [1.29, 1.82) is 0 Å². The summed E-state index contributed by atoms with van der Waals surface area (Å²) in [5, 5.41) is 9.13. The smallest absolute Gasteiger partial charge is 0.305 e. The summed E-state index contributed by atoms with van der Waals surface area (Å²) < 4.78 is 5.48. The lowest BCUT2D eigenvalue weighted by molar-refractivity contribution is -0.140. The van der Waals surface area contributed by atoms with Gasteiger partial charge in [0.25, 0.3) is 0 Å². The molecule has 15 heavy (non-hydrogen) atoms. The van der Waals surface area contributed by atoms with E-state index >= 15 is 0 Å². The fourth-order valence-corrected chi connectivity index (χ4v) is 1.97. The first kappa shape index (κ1) is 12.2. The van der Waals surface area contributed by atoms with Crippen molar-refractivity contribution in [2.75, 3.05) is 7.11 Å². The molecule has 4 heteroatoms. The van der Waals surface area contributed by atoms with Crippen LogP contribution in [0.15, 0.2) is 22.7 Å². The van der Waals surface area contributed by atoms with Crippen LogP contribution in [0.25, 0.3) is 0 Å². The van der Waals surface area contributed by atoms with Gasteiger partial charge in [-0.3, -0.25) is 4.79 Å². The number of aliphatic hydroxyl groups excluding tert-OH is 1. The molecule has 0 saturated heterocycles. The molecular weight excluding hydrogens is 260 g/mol. The Morgan fingerprint density at radius 3 is 2.87 bits per heavy atom. The van der Waals surface area contributed by atoms with Crippen molar-refractivity contribution in [2.45, 2.75) is 19.4 Å². The quantitative estimate of drug-likeness (QED) is 0.854. The molecule has 0 aliphatic carbocycles. The predicted octanol–water partition coefficient (Wildman–Crippen LogP) is 2.05. The van der Waals surface area contributed by atoms with E-state index in [4.69, 9.17) is 5.11 Å². The van der Waals surface area contributed by atoms with Crippen LogP contribution in [0.3, 0.4) is 0 Å². The number of hydrogen-bond donors (Lipinski definition) is 1. The van der Waals surface area contributed by atoms with Crippen LogP contribution in [0.1, 0.15) is 17.5 Å². The van der Waals surface area contributed by atoms with Gasteiger partial charge in [-0.25, -0.2) is 0 Å². The summed E-state index contributed by atoms with van der Waals surface area (Å²) in [6.45, 7) is -0.0179. The third-order valence-electron chi connectivity index (χ3n) is 2.19. The molecule has 0 spiro atoms. The molecule has 1 N–H and O–H groups in total. The van der Waals surface area contributed by atoms with Gasteiger partial charge in [-0.05, 0) is 23.6 Å². The number of ether oxygens (including phenoxy) is 1. The van der Waals surface area contributed by atoms with Gasteiger partial charge in [-0.2, -0.15) is 0 Å². The molecule has 82 valence electrons. The molecule has 1 rings (SSSR count). The molecule has 0 saturated carbocycles. The summed E-state index contributed by atoms with van der Waals surface area (Å²) in [7, 11) is 1.37. The lowest BCUT2D eigenvalue weighted by Crippen LogP contribution is -2.04. The van der Waals surface area contributed by atoms with Crippen LogP contribution in [-0.2, 0) is 22.6 Å². The second-order valence-electron chi connectivity index (χ2n) is 3.11. The van der Waals surface area contributed by atoms with Gasteiger partial charge in [0.15, 0.2) is 0 Å². The first-order valence-corrected chi connectivity index (χ1v) is 5.42. The minimum absolute atomic E-state index is 0.0179. The van der Waals surface area contributed by atoms with E-state index in [-0.39, 0.29) is 12.6 Å². The van der Waals surface area contributed by atoms with Crippen molar-refractivity contribution in [3.8, 4) is 0 Å². The van der Waals surface area contributed by atoms with Gasteiger partial charge in [0.05, 0.1) is 13.7 Å². The van der Waals surface area contributed by atoms with E-state index < -0.39 is 0 Å². The molecule has 1 aromatic rings. The lowest BCUT2D eigenvalue weighted by Gasteiger charge is -2.08. The number of hydrogen-bond acceptors (Lipinski definition) is 3. The zero-order valence-electron chi connectivity index (χ0n) is 8.50. The highest BCUT2D eigenvalue weighted by atomic mass is 79.9. The molecule has 0 aliphatic rings. The van der Waals surface area contributed by atoms with Crippen molar-refractivity contribution in [3.63, 3.8) is 0 Å². The highest BCUT2D eigenvalue weighted by Gasteiger charge is 2.08. The fourth-order valence-electron chi connectivity index (χ4n) is 1.36. The van der Waals surface area contributed by atoms with Crippen LogP contribution in [0.5, 0.6) is 0 Å². The number of benzene rings is 1. The Morgan fingerprint density at radius 2 is 2.27 bits per heavy atom. The maximum absolute atomic E-state index is 11.0. The Kier molecular flexibility index (Phi) is 4.78. The summed E-state index contributed by atoms with van der Waals surface area (Å²) in [6, 6.07) is 5.60. The van der Waals surface area contributed by atoms with E-state index in [0.717, 1.165) is 15.6 Å². The highest BCUT2D eigenvalue weighted by Crippen LogP contribution is 2.22. The number of aliphatic hydroxyl groups is 1. The van der Waals surface area contributed by atoms with Crippen LogP contribution in [0.2, 0.25) is 0 Å². The van der Waals surface area contributed by atoms with Crippen molar-refractivity contribution in [1.82, 2.24) is 0 Å². The second kappa shape index (κ2) is 5.88. The van der Waals surface area contributed by atoms with Gasteiger partial charge in [-0.1, -0.05) is 28.1 Å². The average molecular weight is 273 g/mol. The van der Waals surface area contributed by atoms with Crippen LogP contribution in [-0.4, -0.2) is 18.2 Å². The van der Waals surface area contributed by atoms with Gasteiger partial charge in [-0.15, -0.1) is 0 Å². The molecule has 0 unspecified atom stereocenters. The van der Waals surface area contributed by atoms with E-state index in [9.17, 15) is 4.79 Å². The van der Waals surface area contributed by atoms with E-state index in [1.165, 1.54) is 7.11 Å². The third-order valence-corrected chi connectivity index (χ3v) is 2.94. The number of halogens is 1. The maximum Gasteiger partial charge on any atom is 0.305 e. The molecule has 0 heterocycles. The Labute approximate surface area is 97.2 Å². The van der Waals surface area contributed by atoms with Crippen LogP contribution in [0, 0.1) is 0 Å². The van der Waals surface area contributed by atoms with E-state index in [1.807, 2.05) is 18.2 Å². The first-order chi connectivity index (χ1) is 7.19. The summed E-state index contributed by atoms with van der Waals surface area (Å²) in [5.41, 5.74) is 1.80. The molecule has 0 aromatic heterocycles. The molecule has 0 radical (unpaired) electrons. The van der Waals surface area contributed by atoms with Gasteiger partial charge >= 0.3 is 5.97 Å². The Balaban J connectivity index is 2.78. The number of carbonyl (C=O) groups excluding carboxylic acids is 1.